The number of amides is 1. The van der Waals surface area contributed by atoms with E-state index in [9.17, 15) is 13.2 Å². The van der Waals surface area contributed by atoms with Crippen LogP contribution in [0.4, 0.5) is 0 Å². The van der Waals surface area contributed by atoms with Gasteiger partial charge >= 0.3 is 10.1 Å². The molecule has 0 N–H and O–H groups in total. The Morgan fingerprint density at radius 2 is 1.76 bits per heavy atom. The van der Waals surface area contributed by atoms with E-state index in [1.54, 1.807) is 48.5 Å². The van der Waals surface area contributed by atoms with Crippen molar-refractivity contribution in [2.75, 3.05) is 32.7 Å². The minimum absolute atomic E-state index is 0.0831. The lowest BCUT2D eigenvalue weighted by Crippen LogP contribution is -2.47. The van der Waals surface area contributed by atoms with Gasteiger partial charge in [-0.25, -0.2) is 0 Å². The van der Waals surface area contributed by atoms with Crippen LogP contribution in [0.3, 0.4) is 0 Å². The van der Waals surface area contributed by atoms with Crippen LogP contribution in [0.2, 0.25) is 0 Å². The van der Waals surface area contributed by atoms with Gasteiger partial charge in [-0.2, -0.15) is 18.7 Å². The van der Waals surface area contributed by atoms with Crippen LogP contribution in [0.5, 0.6) is 5.75 Å². The lowest BCUT2D eigenvalue weighted by Gasteiger charge is -2.34. The van der Waals surface area contributed by atoms with Gasteiger partial charge in [0.05, 0.1) is 11.0 Å². The molecule has 0 aliphatic carbocycles. The van der Waals surface area contributed by atoms with Crippen molar-refractivity contribution >= 4 is 39.0 Å². The highest BCUT2D eigenvalue weighted by Gasteiger charge is 2.28. The highest BCUT2D eigenvalue weighted by molar-refractivity contribution is 8.18. The van der Waals surface area contributed by atoms with E-state index in [1.807, 2.05) is 0 Å². The average Bonchev–Trinajstić information content (AvgIpc) is 3.19. The van der Waals surface area contributed by atoms with E-state index in [1.165, 1.54) is 23.9 Å². The van der Waals surface area contributed by atoms with E-state index in [0.29, 0.717) is 16.5 Å². The van der Waals surface area contributed by atoms with Crippen molar-refractivity contribution < 1.29 is 17.4 Å². The molecule has 0 bridgehead atoms. The van der Waals surface area contributed by atoms with Gasteiger partial charge in [-0.1, -0.05) is 30.3 Å². The number of piperazine rings is 1. The molecule has 8 nitrogen and oxygen atoms in total. The van der Waals surface area contributed by atoms with Gasteiger partial charge in [-0.3, -0.25) is 9.69 Å². The Morgan fingerprint density at radius 3 is 2.42 bits per heavy atom. The van der Waals surface area contributed by atoms with Gasteiger partial charge in [0.15, 0.2) is 5.17 Å². The lowest BCUT2D eigenvalue weighted by atomic mass is 10.2. The third kappa shape index (κ3) is 5.82. The second-order valence-electron chi connectivity index (χ2n) is 7.47. The number of hydrogen-bond acceptors (Lipinski definition) is 8. The fourth-order valence-corrected chi connectivity index (χ4v) is 5.35. The first-order chi connectivity index (χ1) is 15.9. The normalized spacial score (nSPS) is 18.3. The molecule has 0 radical (unpaired) electrons. The minimum Gasteiger partial charge on any atom is -0.379 e. The predicted octanol–water partition coefficient (Wildman–Crippen LogP) is 2.96. The van der Waals surface area contributed by atoms with Crippen LogP contribution in [0.15, 0.2) is 69.4 Å². The Hall–Kier alpha value is -3.13. The fourth-order valence-electron chi connectivity index (χ4n) is 3.44. The number of nitrogens with zero attached hydrogens (tertiary/aromatic N) is 4. The molecule has 1 fully saturated rings. The summed E-state index contributed by atoms with van der Waals surface area (Å²) in [4.78, 5) is 21.5. The summed E-state index contributed by atoms with van der Waals surface area (Å²) in [5.74, 6) is -0.0912. The van der Waals surface area contributed by atoms with E-state index in [0.717, 1.165) is 38.3 Å². The van der Waals surface area contributed by atoms with Crippen LogP contribution in [-0.4, -0.2) is 62.0 Å². The number of amidine groups is 1. The summed E-state index contributed by atoms with van der Waals surface area (Å²) < 4.78 is 29.9. The number of aliphatic imine (C=N–C) groups is 1. The monoisotopic (exact) mass is 482 g/mol. The molecule has 33 heavy (non-hydrogen) atoms. The fraction of sp³-hybridized carbons (Fsp3) is 0.261. The number of nitriles is 1. The Morgan fingerprint density at radius 1 is 1.06 bits per heavy atom. The lowest BCUT2D eigenvalue weighted by molar-refractivity contribution is -0.113. The van der Waals surface area contributed by atoms with Crippen LogP contribution in [-0.2, 0) is 14.9 Å². The number of benzene rings is 2. The topological polar surface area (TPSA) is 103 Å². The van der Waals surface area contributed by atoms with Crippen LogP contribution >= 0.6 is 11.8 Å². The van der Waals surface area contributed by atoms with Crippen LogP contribution in [0.25, 0.3) is 6.08 Å². The van der Waals surface area contributed by atoms with Crippen LogP contribution in [0.1, 0.15) is 12.0 Å². The van der Waals surface area contributed by atoms with Crippen molar-refractivity contribution in [3.8, 4) is 11.8 Å². The maximum atomic E-state index is 12.4. The first kappa shape index (κ1) is 23.0. The molecule has 2 heterocycles. The molecule has 0 unspecified atom stereocenters. The molecule has 0 aromatic heterocycles. The van der Waals surface area contributed by atoms with Crippen molar-refractivity contribution in [1.29, 1.82) is 5.26 Å². The van der Waals surface area contributed by atoms with E-state index in [2.05, 4.69) is 20.9 Å². The zero-order chi connectivity index (χ0) is 23.3. The number of hydrogen-bond donors (Lipinski definition) is 0. The molecule has 10 heteroatoms. The SMILES string of the molecule is N#CCCN1CCN(C2=NC(=O)/C(=C/c3ccc(OS(=O)(=O)c4ccccc4)cc3)S2)CC1. The van der Waals surface area contributed by atoms with E-state index >= 15 is 0 Å². The molecule has 1 saturated heterocycles. The molecule has 2 aromatic carbocycles. The van der Waals surface area contributed by atoms with E-state index < -0.39 is 10.1 Å². The largest absolute Gasteiger partial charge is 0.379 e. The first-order valence-corrected chi connectivity index (χ1v) is 12.6. The summed E-state index contributed by atoms with van der Waals surface area (Å²) in [5, 5.41) is 9.42. The number of carbonyl (C=O) groups excluding carboxylic acids is 1. The second kappa shape index (κ2) is 10.2. The zero-order valence-corrected chi connectivity index (χ0v) is 19.4. The van der Waals surface area contributed by atoms with Gasteiger partial charge in [-0.15, -0.1) is 0 Å². The molecule has 2 aliphatic rings. The number of thioether (sulfide) groups is 1. The van der Waals surface area contributed by atoms with Crippen molar-refractivity contribution in [2.45, 2.75) is 11.3 Å². The molecule has 1 amide bonds. The summed E-state index contributed by atoms with van der Waals surface area (Å²) in [6.07, 6.45) is 2.26. The Bertz CT molecular complexity index is 1210. The smallest absolute Gasteiger partial charge is 0.339 e. The van der Waals surface area contributed by atoms with Crippen molar-refractivity contribution in [1.82, 2.24) is 9.80 Å². The highest BCUT2D eigenvalue weighted by Crippen LogP contribution is 2.31. The first-order valence-electron chi connectivity index (χ1n) is 10.4. The van der Waals surface area contributed by atoms with E-state index in [4.69, 9.17) is 9.44 Å². The zero-order valence-electron chi connectivity index (χ0n) is 17.8. The van der Waals surface area contributed by atoms with Crippen molar-refractivity contribution in [3.63, 3.8) is 0 Å². The van der Waals surface area contributed by atoms with Crippen molar-refractivity contribution in [2.24, 2.45) is 4.99 Å². The molecule has 0 atom stereocenters. The second-order valence-corrected chi connectivity index (χ2v) is 10.0. The highest BCUT2D eigenvalue weighted by atomic mass is 32.2. The summed E-state index contributed by atoms with van der Waals surface area (Å²) >= 11 is 1.34. The molecule has 170 valence electrons. The molecular weight excluding hydrogens is 460 g/mol. The molecule has 0 spiro atoms. The Labute approximate surface area is 197 Å². The number of carbonyl (C=O) groups is 1. The average molecular weight is 483 g/mol. The maximum Gasteiger partial charge on any atom is 0.339 e. The molecule has 2 aromatic rings. The van der Waals surface area contributed by atoms with Crippen LogP contribution < -0.4 is 4.18 Å². The third-order valence-corrected chi connectivity index (χ3v) is 7.51. The summed E-state index contributed by atoms with van der Waals surface area (Å²) in [7, 11) is -3.90. The van der Waals surface area contributed by atoms with Crippen molar-refractivity contribution in [3.05, 3.63) is 65.1 Å². The molecule has 2 aliphatic heterocycles. The maximum absolute atomic E-state index is 12.4. The molecule has 4 rings (SSSR count). The minimum atomic E-state index is -3.90. The standard InChI is InChI=1S/C23H22N4O4S2/c24-11-4-12-26-13-15-27(16-14-26)23-25-22(28)21(32-23)17-18-7-9-19(10-8-18)31-33(29,30)20-5-2-1-3-6-20/h1-3,5-10,17H,4,12-16H2/b21-17-. The van der Waals surface area contributed by atoms with Gasteiger partial charge in [0, 0.05) is 39.1 Å². The van der Waals surface area contributed by atoms with Gasteiger partial charge in [0.1, 0.15) is 10.6 Å². The summed E-state index contributed by atoms with van der Waals surface area (Å²) in [6.45, 7) is 3.96. The summed E-state index contributed by atoms with van der Waals surface area (Å²) in [6, 6.07) is 16.6. The molecule has 0 saturated carbocycles. The van der Waals surface area contributed by atoms with E-state index in [-0.39, 0.29) is 16.6 Å². The van der Waals surface area contributed by atoms with Gasteiger partial charge in [0.25, 0.3) is 5.91 Å². The molecular formula is C23H22N4O4S2. The number of rotatable bonds is 6. The van der Waals surface area contributed by atoms with Gasteiger partial charge in [0.2, 0.25) is 0 Å². The quantitative estimate of drug-likeness (QED) is 0.457. The van der Waals surface area contributed by atoms with Gasteiger partial charge in [-0.05, 0) is 47.7 Å². The Kier molecular flexibility index (Phi) is 7.13. The van der Waals surface area contributed by atoms with Crippen LogP contribution in [0, 0.1) is 11.3 Å². The van der Waals surface area contributed by atoms with Gasteiger partial charge < -0.3 is 9.08 Å². The summed E-state index contributed by atoms with van der Waals surface area (Å²) in [5.41, 5.74) is 0.744. The Balaban J connectivity index is 1.36. The predicted molar refractivity (Wildman–Crippen MR) is 127 cm³/mol. The third-order valence-electron chi connectivity index (χ3n) is 5.21.